The molecule has 0 saturated carbocycles. The lowest BCUT2D eigenvalue weighted by Gasteiger charge is -2.30. The fraction of sp³-hybridized carbons (Fsp3) is 0.412. The molecule has 1 saturated heterocycles. The number of benzene rings is 1. The fourth-order valence-electron chi connectivity index (χ4n) is 2.73. The van der Waals surface area contributed by atoms with Crippen molar-refractivity contribution < 1.29 is 4.74 Å². The summed E-state index contributed by atoms with van der Waals surface area (Å²) in [7, 11) is 0. The number of hydrogen-bond acceptors (Lipinski definition) is 2. The monoisotopic (exact) mass is 304 g/mol. The molecule has 2 atom stereocenters. The molecule has 0 aliphatic carbocycles. The Balaban J connectivity index is 1.56. The highest BCUT2D eigenvalue weighted by Gasteiger charge is 2.23. The molecule has 0 spiro atoms. The first-order chi connectivity index (χ1) is 10.1. The van der Waals surface area contributed by atoms with E-state index in [0.717, 1.165) is 24.6 Å². The van der Waals surface area contributed by atoms with E-state index in [4.69, 9.17) is 16.3 Å². The number of aromatic amines is 1. The van der Waals surface area contributed by atoms with Gasteiger partial charge in [-0.15, -0.1) is 0 Å². The van der Waals surface area contributed by atoms with Crippen molar-refractivity contribution in [1.82, 2.24) is 10.3 Å². The van der Waals surface area contributed by atoms with Crippen molar-refractivity contribution in [2.75, 3.05) is 13.2 Å². The van der Waals surface area contributed by atoms with E-state index >= 15 is 0 Å². The van der Waals surface area contributed by atoms with E-state index in [0.29, 0.717) is 6.04 Å². The third kappa shape index (κ3) is 3.49. The Morgan fingerprint density at radius 3 is 2.57 bits per heavy atom. The van der Waals surface area contributed by atoms with Crippen molar-refractivity contribution in [2.45, 2.75) is 32.4 Å². The van der Waals surface area contributed by atoms with Gasteiger partial charge in [0.15, 0.2) is 0 Å². The fourth-order valence-corrected chi connectivity index (χ4v) is 2.85. The Labute approximate surface area is 130 Å². The second kappa shape index (κ2) is 6.22. The van der Waals surface area contributed by atoms with Crippen LogP contribution in [0.25, 0.3) is 0 Å². The van der Waals surface area contributed by atoms with Gasteiger partial charge in [0.05, 0.1) is 6.61 Å². The lowest BCUT2D eigenvalue weighted by atomic mass is 10.0. The number of morpholine rings is 1. The molecule has 0 radical (unpaired) electrons. The number of rotatable bonds is 3. The van der Waals surface area contributed by atoms with Crippen LogP contribution < -0.4 is 5.32 Å². The molecule has 2 aromatic rings. The minimum Gasteiger partial charge on any atom is -0.369 e. The van der Waals surface area contributed by atoms with Crippen LogP contribution in [-0.2, 0) is 11.2 Å². The van der Waals surface area contributed by atoms with Gasteiger partial charge in [0.25, 0.3) is 0 Å². The van der Waals surface area contributed by atoms with E-state index in [1.165, 1.54) is 22.5 Å². The van der Waals surface area contributed by atoms with E-state index in [1.54, 1.807) is 0 Å². The minimum absolute atomic E-state index is 0.124. The third-order valence-electron chi connectivity index (χ3n) is 4.13. The summed E-state index contributed by atoms with van der Waals surface area (Å²) in [5, 5.41) is 4.36. The summed E-state index contributed by atoms with van der Waals surface area (Å²) in [6.07, 6.45) is 1.09. The van der Waals surface area contributed by atoms with Crippen LogP contribution in [0, 0.1) is 13.8 Å². The van der Waals surface area contributed by atoms with Crippen molar-refractivity contribution in [2.24, 2.45) is 0 Å². The van der Waals surface area contributed by atoms with E-state index in [9.17, 15) is 0 Å². The summed E-state index contributed by atoms with van der Waals surface area (Å²) in [4.78, 5) is 3.41. The molecule has 1 aliphatic heterocycles. The van der Waals surface area contributed by atoms with Gasteiger partial charge in [0, 0.05) is 29.0 Å². The number of hydrogen-bond donors (Lipinski definition) is 2. The molecular weight excluding hydrogens is 284 g/mol. The Bertz CT molecular complexity index is 578. The van der Waals surface area contributed by atoms with Crippen LogP contribution in [0.4, 0.5) is 0 Å². The van der Waals surface area contributed by atoms with Gasteiger partial charge >= 0.3 is 0 Å². The summed E-state index contributed by atoms with van der Waals surface area (Å²) >= 11 is 5.91. The van der Waals surface area contributed by atoms with Crippen LogP contribution >= 0.6 is 11.6 Å². The summed E-state index contributed by atoms with van der Waals surface area (Å²) in [6.45, 7) is 5.79. The minimum atomic E-state index is 0.124. The van der Waals surface area contributed by atoms with E-state index in [1.807, 2.05) is 12.1 Å². The largest absolute Gasteiger partial charge is 0.369 e. The molecule has 1 aromatic heterocycles. The van der Waals surface area contributed by atoms with Gasteiger partial charge in [-0.25, -0.2) is 0 Å². The number of nitrogens with one attached hydrogen (secondary N) is 2. The molecule has 1 aliphatic rings. The lowest BCUT2D eigenvalue weighted by molar-refractivity contribution is 0.000930. The highest BCUT2D eigenvalue weighted by molar-refractivity contribution is 6.30. The molecule has 3 rings (SSSR count). The standard InChI is InChI=1S/C17H21ClN2O/c1-11-7-16(20-12(11)2)17-9-19-15(10-21-17)8-13-3-5-14(18)6-4-13/h3-7,15,17,19-20H,8-10H2,1-2H3/t15-,17+/m0/s1. The maximum Gasteiger partial charge on any atom is 0.110 e. The predicted octanol–water partition coefficient (Wildman–Crippen LogP) is 3.56. The van der Waals surface area contributed by atoms with Crippen LogP contribution in [0.3, 0.4) is 0 Å². The predicted molar refractivity (Wildman–Crippen MR) is 85.9 cm³/mol. The van der Waals surface area contributed by atoms with Crippen molar-refractivity contribution >= 4 is 11.6 Å². The molecular formula is C17H21ClN2O. The molecule has 0 unspecified atom stereocenters. The Morgan fingerprint density at radius 2 is 2.00 bits per heavy atom. The molecule has 0 amide bonds. The van der Waals surface area contributed by atoms with Crippen molar-refractivity contribution in [3.8, 4) is 0 Å². The summed E-state index contributed by atoms with van der Waals surface area (Å²) < 4.78 is 6.02. The average molecular weight is 305 g/mol. The number of aromatic nitrogens is 1. The molecule has 21 heavy (non-hydrogen) atoms. The topological polar surface area (TPSA) is 37.0 Å². The summed E-state index contributed by atoms with van der Waals surface area (Å²) in [6, 6.07) is 10.6. The smallest absolute Gasteiger partial charge is 0.110 e. The van der Waals surface area contributed by atoms with Gasteiger partial charge in [0.1, 0.15) is 6.10 Å². The number of H-pyrrole nitrogens is 1. The third-order valence-corrected chi connectivity index (χ3v) is 4.38. The Kier molecular flexibility index (Phi) is 4.34. The highest BCUT2D eigenvalue weighted by atomic mass is 35.5. The normalized spacial score (nSPS) is 22.4. The van der Waals surface area contributed by atoms with Crippen LogP contribution in [0.15, 0.2) is 30.3 Å². The second-order valence-corrected chi connectivity index (χ2v) is 6.23. The van der Waals surface area contributed by atoms with Crippen LogP contribution in [0.5, 0.6) is 0 Å². The van der Waals surface area contributed by atoms with Gasteiger partial charge in [-0.05, 0) is 49.6 Å². The number of aryl methyl sites for hydroxylation is 2. The Hall–Kier alpha value is -1.29. The molecule has 112 valence electrons. The molecule has 0 bridgehead atoms. The van der Waals surface area contributed by atoms with Gasteiger partial charge in [-0.1, -0.05) is 23.7 Å². The highest BCUT2D eigenvalue weighted by Crippen LogP contribution is 2.22. The molecule has 4 heteroatoms. The number of halogens is 1. The van der Waals surface area contributed by atoms with Gasteiger partial charge in [0.2, 0.25) is 0 Å². The molecule has 2 N–H and O–H groups in total. The first-order valence-electron chi connectivity index (χ1n) is 7.37. The van der Waals surface area contributed by atoms with Gasteiger partial charge < -0.3 is 15.0 Å². The van der Waals surface area contributed by atoms with Crippen molar-refractivity contribution in [3.05, 3.63) is 57.9 Å². The Morgan fingerprint density at radius 1 is 1.24 bits per heavy atom. The maximum atomic E-state index is 6.02. The molecule has 2 heterocycles. The van der Waals surface area contributed by atoms with Crippen LogP contribution in [0.1, 0.15) is 28.6 Å². The first-order valence-corrected chi connectivity index (χ1v) is 7.75. The average Bonchev–Trinajstić information content (AvgIpc) is 2.82. The van der Waals surface area contributed by atoms with Gasteiger partial charge in [-0.2, -0.15) is 0 Å². The quantitative estimate of drug-likeness (QED) is 0.910. The lowest BCUT2D eigenvalue weighted by Crippen LogP contribution is -2.44. The SMILES string of the molecule is Cc1cc([C@H]2CN[C@@H](Cc3ccc(Cl)cc3)CO2)[nH]c1C. The van der Waals surface area contributed by atoms with Crippen LogP contribution in [-0.4, -0.2) is 24.2 Å². The maximum absolute atomic E-state index is 6.02. The molecule has 1 fully saturated rings. The zero-order chi connectivity index (χ0) is 14.8. The van der Waals surface area contributed by atoms with Crippen molar-refractivity contribution in [3.63, 3.8) is 0 Å². The molecule has 3 nitrogen and oxygen atoms in total. The van der Waals surface area contributed by atoms with E-state index in [2.05, 4.69) is 42.3 Å². The summed E-state index contributed by atoms with van der Waals surface area (Å²) in [5.74, 6) is 0. The van der Waals surface area contributed by atoms with Gasteiger partial charge in [-0.3, -0.25) is 0 Å². The van der Waals surface area contributed by atoms with E-state index in [-0.39, 0.29) is 6.10 Å². The second-order valence-electron chi connectivity index (χ2n) is 5.79. The van der Waals surface area contributed by atoms with Crippen LogP contribution in [0.2, 0.25) is 5.02 Å². The molecule has 1 aromatic carbocycles. The number of ether oxygens (including phenoxy) is 1. The first kappa shape index (κ1) is 14.6. The van der Waals surface area contributed by atoms with E-state index < -0.39 is 0 Å². The zero-order valence-corrected chi connectivity index (χ0v) is 13.2. The zero-order valence-electron chi connectivity index (χ0n) is 12.4. The van der Waals surface area contributed by atoms with Crippen molar-refractivity contribution in [1.29, 1.82) is 0 Å². The summed E-state index contributed by atoms with van der Waals surface area (Å²) in [5.41, 5.74) is 4.96.